The van der Waals surface area contributed by atoms with Crippen LogP contribution in [0.25, 0.3) is 0 Å². The monoisotopic (exact) mass is 296 g/mol. The Labute approximate surface area is 133 Å². The number of rotatable bonds is 4. The molecule has 0 aliphatic carbocycles. The molecule has 1 aliphatic heterocycles. The van der Waals surface area contributed by atoms with Gasteiger partial charge in [-0.2, -0.15) is 0 Å². The summed E-state index contributed by atoms with van der Waals surface area (Å²) in [5, 5.41) is 12.9. The lowest BCUT2D eigenvalue weighted by Gasteiger charge is -2.39. The molecular formula is C19H24N2O. The van der Waals surface area contributed by atoms with E-state index in [9.17, 15) is 5.21 Å². The van der Waals surface area contributed by atoms with Crippen LogP contribution in [0.15, 0.2) is 60.7 Å². The molecule has 1 aliphatic rings. The Morgan fingerprint density at radius 1 is 1.09 bits per heavy atom. The zero-order valence-corrected chi connectivity index (χ0v) is 13.4. The standard InChI is InChI=1S/C19H24N2O/c1-16(18-11-7-4-8-12-18)20-14-19(21(2,22)15-20)13-17-9-5-3-6-10-17/h3-12,16,19H,13-15H2,1-2H3. The molecule has 2 aromatic carbocycles. The Morgan fingerprint density at radius 2 is 1.68 bits per heavy atom. The van der Waals surface area contributed by atoms with E-state index >= 15 is 0 Å². The van der Waals surface area contributed by atoms with Crippen LogP contribution in [0.2, 0.25) is 0 Å². The molecule has 2 aromatic rings. The SMILES string of the molecule is CC(c1ccccc1)N1CC(Cc2ccccc2)[N+](C)([O-])C1. The van der Waals surface area contributed by atoms with E-state index in [4.69, 9.17) is 0 Å². The molecule has 0 aromatic heterocycles. The molecule has 3 heteroatoms. The minimum atomic E-state index is -0.175. The van der Waals surface area contributed by atoms with Crippen molar-refractivity contribution in [2.75, 3.05) is 20.3 Å². The molecule has 3 unspecified atom stereocenters. The molecule has 0 spiro atoms. The summed E-state index contributed by atoms with van der Waals surface area (Å²) in [5.41, 5.74) is 2.53. The first-order valence-electron chi connectivity index (χ1n) is 7.95. The Hall–Kier alpha value is -1.68. The van der Waals surface area contributed by atoms with E-state index < -0.39 is 0 Å². The third kappa shape index (κ3) is 3.22. The average molecular weight is 296 g/mol. The topological polar surface area (TPSA) is 26.3 Å². The smallest absolute Gasteiger partial charge is 0.135 e. The number of nitrogens with zero attached hydrogens (tertiary/aromatic N) is 2. The molecule has 116 valence electrons. The van der Waals surface area contributed by atoms with Gasteiger partial charge in [0.2, 0.25) is 0 Å². The molecule has 0 radical (unpaired) electrons. The Morgan fingerprint density at radius 3 is 2.32 bits per heavy atom. The van der Waals surface area contributed by atoms with Crippen molar-refractivity contribution in [3.8, 4) is 0 Å². The van der Waals surface area contributed by atoms with Crippen molar-refractivity contribution in [1.29, 1.82) is 0 Å². The summed E-state index contributed by atoms with van der Waals surface area (Å²) in [5.74, 6) is 0. The fraction of sp³-hybridized carbons (Fsp3) is 0.368. The number of likely N-dealkylation sites (N-methyl/N-ethyl adjacent to an activating group) is 1. The van der Waals surface area contributed by atoms with Gasteiger partial charge in [-0.25, -0.2) is 4.90 Å². The number of quaternary nitrogens is 1. The summed E-state index contributed by atoms with van der Waals surface area (Å²) in [7, 11) is 1.81. The number of hydrogen-bond acceptors (Lipinski definition) is 2. The minimum Gasteiger partial charge on any atom is -0.632 e. The highest BCUT2D eigenvalue weighted by atomic mass is 16.6. The second-order valence-corrected chi connectivity index (χ2v) is 6.52. The van der Waals surface area contributed by atoms with Crippen molar-refractivity contribution >= 4 is 0 Å². The van der Waals surface area contributed by atoms with Gasteiger partial charge in [-0.1, -0.05) is 60.7 Å². The number of benzene rings is 2. The van der Waals surface area contributed by atoms with Gasteiger partial charge in [-0.3, -0.25) is 0 Å². The number of hydroxylamine groups is 3. The first-order valence-corrected chi connectivity index (χ1v) is 7.95. The first kappa shape index (κ1) is 15.2. The molecule has 0 amide bonds. The molecule has 1 saturated heterocycles. The molecule has 3 rings (SSSR count). The van der Waals surface area contributed by atoms with E-state index in [1.54, 1.807) is 0 Å². The van der Waals surface area contributed by atoms with E-state index in [2.05, 4.69) is 48.2 Å². The fourth-order valence-corrected chi connectivity index (χ4v) is 3.34. The van der Waals surface area contributed by atoms with Crippen molar-refractivity contribution in [3.63, 3.8) is 0 Å². The van der Waals surface area contributed by atoms with E-state index in [1.165, 1.54) is 11.1 Å². The molecular weight excluding hydrogens is 272 g/mol. The summed E-state index contributed by atoms with van der Waals surface area (Å²) in [6.07, 6.45) is 0.846. The Balaban J connectivity index is 1.72. The third-order valence-electron chi connectivity index (χ3n) is 4.82. The molecule has 0 saturated carbocycles. The highest BCUT2D eigenvalue weighted by Gasteiger charge is 2.38. The van der Waals surface area contributed by atoms with Crippen molar-refractivity contribution in [2.45, 2.75) is 25.4 Å². The highest BCUT2D eigenvalue weighted by molar-refractivity contribution is 5.19. The maximum atomic E-state index is 12.9. The van der Waals surface area contributed by atoms with Gasteiger partial charge in [0.1, 0.15) is 12.7 Å². The van der Waals surface area contributed by atoms with Crippen molar-refractivity contribution < 1.29 is 4.65 Å². The van der Waals surface area contributed by atoms with E-state index in [1.807, 2.05) is 31.3 Å². The fourth-order valence-electron chi connectivity index (χ4n) is 3.34. The van der Waals surface area contributed by atoms with Gasteiger partial charge in [-0.15, -0.1) is 0 Å². The molecule has 22 heavy (non-hydrogen) atoms. The second kappa shape index (κ2) is 6.21. The van der Waals surface area contributed by atoms with Crippen LogP contribution in [0.1, 0.15) is 24.1 Å². The summed E-state index contributed by atoms with van der Waals surface area (Å²) in [6, 6.07) is 21.2. The van der Waals surface area contributed by atoms with Crippen LogP contribution in [0.4, 0.5) is 0 Å². The van der Waals surface area contributed by atoms with Gasteiger partial charge < -0.3 is 9.85 Å². The van der Waals surface area contributed by atoms with E-state index in [-0.39, 0.29) is 16.7 Å². The van der Waals surface area contributed by atoms with Crippen LogP contribution in [-0.4, -0.2) is 35.8 Å². The quantitative estimate of drug-likeness (QED) is 0.637. The number of hydrogen-bond donors (Lipinski definition) is 0. The largest absolute Gasteiger partial charge is 0.632 e. The van der Waals surface area contributed by atoms with Gasteiger partial charge >= 0.3 is 0 Å². The molecule has 1 heterocycles. The lowest BCUT2D eigenvalue weighted by atomic mass is 10.0. The lowest BCUT2D eigenvalue weighted by Crippen LogP contribution is -2.44. The predicted octanol–water partition coefficient (Wildman–Crippen LogP) is 3.58. The molecule has 3 nitrogen and oxygen atoms in total. The molecule has 0 N–H and O–H groups in total. The summed E-state index contributed by atoms with van der Waals surface area (Å²) < 4.78 is -0.175. The van der Waals surface area contributed by atoms with Crippen molar-refractivity contribution in [2.24, 2.45) is 0 Å². The minimum absolute atomic E-state index is 0.105. The summed E-state index contributed by atoms with van der Waals surface area (Å²) >= 11 is 0. The average Bonchev–Trinajstić information content (AvgIpc) is 2.83. The van der Waals surface area contributed by atoms with Crippen LogP contribution >= 0.6 is 0 Å². The van der Waals surface area contributed by atoms with Gasteiger partial charge in [0.25, 0.3) is 0 Å². The zero-order valence-electron chi connectivity index (χ0n) is 13.4. The van der Waals surface area contributed by atoms with Gasteiger partial charge in [0.15, 0.2) is 0 Å². The third-order valence-corrected chi connectivity index (χ3v) is 4.82. The lowest BCUT2D eigenvalue weighted by molar-refractivity contribution is -0.876. The van der Waals surface area contributed by atoms with Crippen LogP contribution in [0.3, 0.4) is 0 Å². The Bertz CT molecular complexity index is 597. The molecule has 0 bridgehead atoms. The van der Waals surface area contributed by atoms with Gasteiger partial charge in [0, 0.05) is 12.5 Å². The Kier molecular flexibility index (Phi) is 4.30. The summed E-state index contributed by atoms with van der Waals surface area (Å²) in [6.45, 7) is 3.61. The maximum Gasteiger partial charge on any atom is 0.135 e. The van der Waals surface area contributed by atoms with Crippen LogP contribution in [-0.2, 0) is 6.42 Å². The van der Waals surface area contributed by atoms with Crippen molar-refractivity contribution in [1.82, 2.24) is 4.90 Å². The van der Waals surface area contributed by atoms with Crippen LogP contribution in [0, 0.1) is 5.21 Å². The zero-order chi connectivity index (χ0) is 15.6. The maximum absolute atomic E-state index is 12.9. The molecule has 1 fully saturated rings. The van der Waals surface area contributed by atoms with Crippen LogP contribution in [0.5, 0.6) is 0 Å². The van der Waals surface area contributed by atoms with E-state index in [0.717, 1.165) is 13.0 Å². The summed E-state index contributed by atoms with van der Waals surface area (Å²) in [4.78, 5) is 2.32. The van der Waals surface area contributed by atoms with E-state index in [0.29, 0.717) is 6.67 Å². The second-order valence-electron chi connectivity index (χ2n) is 6.52. The van der Waals surface area contributed by atoms with Crippen LogP contribution < -0.4 is 0 Å². The first-order chi connectivity index (χ1) is 10.6. The van der Waals surface area contributed by atoms with Crippen molar-refractivity contribution in [3.05, 3.63) is 77.0 Å². The van der Waals surface area contributed by atoms with Gasteiger partial charge in [0.05, 0.1) is 13.6 Å². The normalized spacial score (nSPS) is 27.0. The predicted molar refractivity (Wildman–Crippen MR) is 89.9 cm³/mol. The molecule has 3 atom stereocenters. The van der Waals surface area contributed by atoms with Gasteiger partial charge in [-0.05, 0) is 18.1 Å². The highest BCUT2D eigenvalue weighted by Crippen LogP contribution is 2.30.